The largest absolute Gasteiger partial charge is 0.373 e. The zero-order valence-electron chi connectivity index (χ0n) is 10.6. The summed E-state index contributed by atoms with van der Waals surface area (Å²) < 4.78 is 6.09. The Hall–Kier alpha value is -0.570. The van der Waals surface area contributed by atoms with Crippen LogP contribution in [0.25, 0.3) is 0 Å². The molecule has 3 rings (SSSR count). The normalized spacial score (nSPS) is 29.4. The van der Waals surface area contributed by atoms with E-state index in [4.69, 9.17) is 22.1 Å². The van der Waals surface area contributed by atoms with Gasteiger partial charge >= 0.3 is 0 Å². The average Bonchev–Trinajstić information content (AvgIpc) is 2.88. The molecular weight excluding hydrogens is 246 g/mol. The molecule has 2 saturated carbocycles. The van der Waals surface area contributed by atoms with Crippen LogP contribution in [0.5, 0.6) is 0 Å². The Labute approximate surface area is 113 Å². The van der Waals surface area contributed by atoms with Gasteiger partial charge in [-0.15, -0.1) is 0 Å². The molecule has 0 radical (unpaired) electrons. The number of nitrogens with two attached hydrogens (primary N) is 1. The van der Waals surface area contributed by atoms with Crippen molar-refractivity contribution in [3.8, 4) is 0 Å². The highest BCUT2D eigenvalue weighted by atomic mass is 35.5. The molecule has 2 N–H and O–H groups in total. The van der Waals surface area contributed by atoms with Crippen LogP contribution in [0, 0.1) is 5.41 Å². The first kappa shape index (κ1) is 12.5. The molecule has 1 aromatic rings. The van der Waals surface area contributed by atoms with Crippen molar-refractivity contribution in [3.05, 3.63) is 34.9 Å². The van der Waals surface area contributed by atoms with Gasteiger partial charge in [-0.1, -0.05) is 36.6 Å². The van der Waals surface area contributed by atoms with Crippen LogP contribution < -0.4 is 5.73 Å². The quantitative estimate of drug-likeness (QED) is 0.908. The first-order valence-electron chi connectivity index (χ1n) is 6.82. The van der Waals surface area contributed by atoms with Gasteiger partial charge in [0, 0.05) is 16.5 Å². The molecule has 2 atom stereocenters. The summed E-state index contributed by atoms with van der Waals surface area (Å²) in [6, 6.07) is 8.25. The minimum atomic E-state index is 0.298. The predicted octanol–water partition coefficient (Wildman–Crippen LogP) is 3.52. The number of benzene rings is 1. The highest BCUT2D eigenvalue weighted by Gasteiger charge is 2.55. The molecule has 0 amide bonds. The maximum Gasteiger partial charge on any atom is 0.0720 e. The monoisotopic (exact) mass is 265 g/mol. The van der Waals surface area contributed by atoms with Crippen LogP contribution in [0.3, 0.4) is 0 Å². The summed E-state index contributed by atoms with van der Waals surface area (Å²) in [7, 11) is 0. The summed E-state index contributed by atoms with van der Waals surface area (Å²) >= 11 is 5.87. The van der Waals surface area contributed by atoms with Gasteiger partial charge in [0.15, 0.2) is 0 Å². The number of hydrogen-bond acceptors (Lipinski definition) is 2. The van der Waals surface area contributed by atoms with E-state index in [0.717, 1.165) is 11.4 Å². The van der Waals surface area contributed by atoms with E-state index >= 15 is 0 Å². The third-order valence-corrected chi connectivity index (χ3v) is 5.00. The van der Waals surface area contributed by atoms with Crippen molar-refractivity contribution in [2.45, 2.75) is 50.9 Å². The second kappa shape index (κ2) is 4.84. The summed E-state index contributed by atoms with van der Waals surface area (Å²) in [4.78, 5) is 0. The molecule has 2 fully saturated rings. The lowest BCUT2D eigenvalue weighted by Gasteiger charge is -2.52. The average molecular weight is 266 g/mol. The van der Waals surface area contributed by atoms with Gasteiger partial charge in [-0.2, -0.15) is 0 Å². The molecule has 0 aromatic heterocycles. The molecule has 2 aliphatic carbocycles. The minimum absolute atomic E-state index is 0.298. The van der Waals surface area contributed by atoms with Gasteiger partial charge in [-0.25, -0.2) is 0 Å². The summed E-state index contributed by atoms with van der Waals surface area (Å²) in [5.41, 5.74) is 7.69. The third-order valence-electron chi connectivity index (χ3n) is 4.75. The predicted molar refractivity (Wildman–Crippen MR) is 73.5 cm³/mol. The van der Waals surface area contributed by atoms with Crippen molar-refractivity contribution in [1.82, 2.24) is 0 Å². The molecule has 2 nitrogen and oxygen atoms in total. The zero-order valence-corrected chi connectivity index (χ0v) is 11.3. The van der Waals surface area contributed by atoms with E-state index in [-0.39, 0.29) is 0 Å². The van der Waals surface area contributed by atoms with Crippen molar-refractivity contribution in [3.63, 3.8) is 0 Å². The molecule has 1 aromatic carbocycles. The smallest absolute Gasteiger partial charge is 0.0720 e. The van der Waals surface area contributed by atoms with Crippen molar-refractivity contribution >= 4 is 11.6 Å². The van der Waals surface area contributed by atoms with Crippen LogP contribution >= 0.6 is 11.6 Å². The van der Waals surface area contributed by atoms with Gasteiger partial charge in [0.1, 0.15) is 0 Å². The van der Waals surface area contributed by atoms with Crippen molar-refractivity contribution in [2.75, 3.05) is 0 Å². The number of ether oxygens (including phenoxy) is 1. The summed E-state index contributed by atoms with van der Waals surface area (Å²) in [6.45, 7) is 0.677. The van der Waals surface area contributed by atoms with Gasteiger partial charge < -0.3 is 10.5 Å². The molecule has 0 bridgehead atoms. The Balaban J connectivity index is 1.59. The van der Waals surface area contributed by atoms with Gasteiger partial charge in [-0.05, 0) is 37.0 Å². The second-order valence-electron chi connectivity index (χ2n) is 5.71. The van der Waals surface area contributed by atoms with E-state index < -0.39 is 0 Å². The number of hydrogen-bond donors (Lipinski definition) is 1. The maximum absolute atomic E-state index is 6.20. The fraction of sp³-hybridized carbons (Fsp3) is 0.600. The van der Waals surface area contributed by atoms with E-state index in [1.54, 1.807) is 0 Å². The Bertz CT molecular complexity index is 411. The lowest BCUT2D eigenvalue weighted by Crippen LogP contribution is -2.60. The van der Waals surface area contributed by atoms with Crippen LogP contribution in [0.2, 0.25) is 5.02 Å². The SMILES string of the molecule is NC1CC(OCc2ccc(Cl)cc2)C12CCCC2. The van der Waals surface area contributed by atoms with Crippen molar-refractivity contribution in [2.24, 2.45) is 11.1 Å². The number of rotatable bonds is 3. The van der Waals surface area contributed by atoms with E-state index in [2.05, 4.69) is 0 Å². The Morgan fingerprint density at radius 2 is 1.89 bits per heavy atom. The van der Waals surface area contributed by atoms with Gasteiger partial charge in [0.25, 0.3) is 0 Å². The van der Waals surface area contributed by atoms with Crippen LogP contribution in [0.4, 0.5) is 0 Å². The van der Waals surface area contributed by atoms with E-state index in [0.29, 0.717) is 24.2 Å². The summed E-state index contributed by atoms with van der Waals surface area (Å²) in [6.07, 6.45) is 6.51. The summed E-state index contributed by atoms with van der Waals surface area (Å²) in [5.74, 6) is 0. The molecule has 3 heteroatoms. The van der Waals surface area contributed by atoms with E-state index in [1.807, 2.05) is 24.3 Å². The van der Waals surface area contributed by atoms with Gasteiger partial charge in [0.2, 0.25) is 0 Å². The summed E-state index contributed by atoms with van der Waals surface area (Å²) in [5, 5.41) is 0.775. The molecule has 1 spiro atoms. The van der Waals surface area contributed by atoms with E-state index in [9.17, 15) is 0 Å². The van der Waals surface area contributed by atoms with E-state index in [1.165, 1.54) is 31.2 Å². The molecule has 2 unspecified atom stereocenters. The fourth-order valence-electron chi connectivity index (χ4n) is 3.52. The van der Waals surface area contributed by atoms with Gasteiger partial charge in [0.05, 0.1) is 12.7 Å². The van der Waals surface area contributed by atoms with Crippen molar-refractivity contribution < 1.29 is 4.74 Å². The molecule has 0 heterocycles. The molecule has 2 aliphatic rings. The molecular formula is C15H20ClNO. The molecule has 0 aliphatic heterocycles. The highest BCUT2D eigenvalue weighted by molar-refractivity contribution is 6.30. The minimum Gasteiger partial charge on any atom is -0.373 e. The lowest BCUT2D eigenvalue weighted by molar-refractivity contribution is -0.130. The van der Waals surface area contributed by atoms with Crippen LogP contribution in [0.1, 0.15) is 37.7 Å². The number of halogens is 1. The van der Waals surface area contributed by atoms with Crippen LogP contribution in [-0.2, 0) is 11.3 Å². The van der Waals surface area contributed by atoms with Gasteiger partial charge in [-0.3, -0.25) is 0 Å². The first-order valence-corrected chi connectivity index (χ1v) is 7.20. The molecule has 0 saturated heterocycles. The molecule has 98 valence electrons. The Morgan fingerprint density at radius 1 is 1.22 bits per heavy atom. The molecule has 18 heavy (non-hydrogen) atoms. The standard InChI is InChI=1S/C15H20ClNO/c16-12-5-3-11(4-6-12)10-18-14-9-13(17)15(14)7-1-2-8-15/h3-6,13-14H,1-2,7-10,17H2. The van der Waals surface area contributed by atoms with Crippen molar-refractivity contribution in [1.29, 1.82) is 0 Å². The lowest BCUT2D eigenvalue weighted by atomic mass is 9.61. The second-order valence-corrected chi connectivity index (χ2v) is 6.15. The topological polar surface area (TPSA) is 35.2 Å². The fourth-order valence-corrected chi connectivity index (χ4v) is 3.64. The maximum atomic E-state index is 6.20. The van der Waals surface area contributed by atoms with Crippen LogP contribution in [-0.4, -0.2) is 12.1 Å². The Morgan fingerprint density at radius 3 is 2.50 bits per heavy atom. The van der Waals surface area contributed by atoms with Crippen LogP contribution in [0.15, 0.2) is 24.3 Å². The first-order chi connectivity index (χ1) is 8.71. The Kier molecular flexibility index (Phi) is 3.35. The highest BCUT2D eigenvalue weighted by Crippen LogP contribution is 2.53. The third kappa shape index (κ3) is 2.07. The zero-order chi connectivity index (χ0) is 12.6.